The summed E-state index contributed by atoms with van der Waals surface area (Å²) in [6, 6.07) is 16.9. The molecule has 24 heavy (non-hydrogen) atoms. The van der Waals surface area contributed by atoms with Crippen LogP contribution in [0.25, 0.3) is 0 Å². The SMILES string of the molecule is CCN(C(=O)C(CCc1cccc(Br)c1)C(=O)O)c1ccccc1. The molecule has 0 aliphatic rings. The van der Waals surface area contributed by atoms with Crippen molar-refractivity contribution in [1.29, 1.82) is 0 Å². The van der Waals surface area contributed by atoms with Crippen molar-refractivity contribution in [3.63, 3.8) is 0 Å². The number of benzene rings is 2. The Kier molecular flexibility index (Phi) is 6.55. The van der Waals surface area contributed by atoms with Gasteiger partial charge >= 0.3 is 5.97 Å². The quantitative estimate of drug-likeness (QED) is 0.724. The van der Waals surface area contributed by atoms with E-state index in [1.165, 1.54) is 4.90 Å². The minimum atomic E-state index is -1.08. The molecule has 0 fully saturated rings. The highest BCUT2D eigenvalue weighted by molar-refractivity contribution is 9.10. The zero-order valence-corrected chi connectivity index (χ0v) is 15.1. The summed E-state index contributed by atoms with van der Waals surface area (Å²) in [6.07, 6.45) is 0.808. The Balaban J connectivity index is 2.14. The molecule has 0 radical (unpaired) electrons. The third kappa shape index (κ3) is 4.68. The van der Waals surface area contributed by atoms with E-state index >= 15 is 0 Å². The van der Waals surface area contributed by atoms with Gasteiger partial charge in [0.15, 0.2) is 0 Å². The van der Waals surface area contributed by atoms with Gasteiger partial charge in [0, 0.05) is 16.7 Å². The molecule has 1 amide bonds. The summed E-state index contributed by atoms with van der Waals surface area (Å²) < 4.78 is 0.942. The highest BCUT2D eigenvalue weighted by atomic mass is 79.9. The number of amides is 1. The number of carboxylic acids is 1. The number of aryl methyl sites for hydroxylation is 1. The third-order valence-electron chi connectivity index (χ3n) is 3.86. The predicted octanol–water partition coefficient (Wildman–Crippen LogP) is 4.14. The molecule has 0 saturated heterocycles. The molecule has 126 valence electrons. The first-order valence-corrected chi connectivity index (χ1v) is 8.66. The second-order valence-electron chi connectivity index (χ2n) is 5.48. The third-order valence-corrected chi connectivity index (χ3v) is 4.35. The largest absolute Gasteiger partial charge is 0.481 e. The second-order valence-corrected chi connectivity index (χ2v) is 6.39. The van der Waals surface area contributed by atoms with E-state index in [-0.39, 0.29) is 12.3 Å². The average molecular weight is 390 g/mol. The molecule has 0 saturated carbocycles. The highest BCUT2D eigenvalue weighted by Crippen LogP contribution is 2.20. The van der Waals surface area contributed by atoms with Gasteiger partial charge in [-0.2, -0.15) is 0 Å². The van der Waals surface area contributed by atoms with Gasteiger partial charge in [-0.15, -0.1) is 0 Å². The first-order chi connectivity index (χ1) is 11.5. The van der Waals surface area contributed by atoms with Crippen LogP contribution in [0.15, 0.2) is 59.1 Å². The number of anilines is 1. The molecule has 0 aromatic heterocycles. The van der Waals surface area contributed by atoms with Crippen LogP contribution in [0.2, 0.25) is 0 Å². The average Bonchev–Trinajstić information content (AvgIpc) is 2.56. The first-order valence-electron chi connectivity index (χ1n) is 7.86. The molecule has 5 heteroatoms. The summed E-state index contributed by atoms with van der Waals surface area (Å²) in [6.45, 7) is 2.28. The molecule has 2 aromatic rings. The van der Waals surface area contributed by atoms with E-state index < -0.39 is 11.9 Å². The maximum Gasteiger partial charge on any atom is 0.316 e. The Morgan fingerprint density at radius 1 is 1.12 bits per heavy atom. The number of para-hydroxylation sites is 1. The van der Waals surface area contributed by atoms with Crippen molar-refractivity contribution in [2.45, 2.75) is 19.8 Å². The maximum atomic E-state index is 12.7. The van der Waals surface area contributed by atoms with Gasteiger partial charge in [0.1, 0.15) is 5.92 Å². The molecule has 1 N–H and O–H groups in total. The molecule has 0 aliphatic heterocycles. The van der Waals surface area contributed by atoms with Crippen LogP contribution >= 0.6 is 15.9 Å². The standard InChI is InChI=1S/C19H20BrNO3/c1-2-21(16-9-4-3-5-10-16)18(22)17(19(23)24)12-11-14-7-6-8-15(20)13-14/h3-10,13,17H,2,11-12H2,1H3,(H,23,24). The summed E-state index contributed by atoms with van der Waals surface area (Å²) in [7, 11) is 0. The summed E-state index contributed by atoms with van der Waals surface area (Å²) >= 11 is 3.40. The number of halogens is 1. The Bertz CT molecular complexity index is 703. The number of hydrogen-bond acceptors (Lipinski definition) is 2. The number of aliphatic carboxylic acids is 1. The summed E-state index contributed by atoms with van der Waals surface area (Å²) in [5, 5.41) is 9.51. The number of nitrogens with zero attached hydrogens (tertiary/aromatic N) is 1. The van der Waals surface area contributed by atoms with E-state index in [0.717, 1.165) is 15.7 Å². The monoisotopic (exact) mass is 389 g/mol. The van der Waals surface area contributed by atoms with Gasteiger partial charge in [0.25, 0.3) is 0 Å². The summed E-state index contributed by atoms with van der Waals surface area (Å²) in [5.74, 6) is -2.50. The number of carboxylic acid groups (broad SMARTS) is 1. The van der Waals surface area contributed by atoms with Crippen molar-refractivity contribution in [3.8, 4) is 0 Å². The Morgan fingerprint density at radius 3 is 2.42 bits per heavy atom. The van der Waals surface area contributed by atoms with E-state index in [1.54, 1.807) is 0 Å². The molecular weight excluding hydrogens is 370 g/mol. The molecule has 0 aliphatic carbocycles. The van der Waals surface area contributed by atoms with E-state index in [0.29, 0.717) is 13.0 Å². The lowest BCUT2D eigenvalue weighted by molar-refractivity contribution is -0.146. The molecule has 2 aromatic carbocycles. The number of hydrogen-bond donors (Lipinski definition) is 1. The van der Waals surface area contributed by atoms with Gasteiger partial charge in [-0.25, -0.2) is 0 Å². The molecule has 0 heterocycles. The fourth-order valence-corrected chi connectivity index (χ4v) is 3.06. The lowest BCUT2D eigenvalue weighted by Gasteiger charge is -2.24. The van der Waals surface area contributed by atoms with Crippen molar-refractivity contribution in [2.75, 3.05) is 11.4 Å². The lowest BCUT2D eigenvalue weighted by atomic mass is 9.98. The van der Waals surface area contributed by atoms with Crippen molar-refractivity contribution in [3.05, 3.63) is 64.6 Å². The van der Waals surface area contributed by atoms with Crippen LogP contribution in [-0.2, 0) is 16.0 Å². The minimum Gasteiger partial charge on any atom is -0.481 e. The normalized spacial score (nSPS) is 11.8. The van der Waals surface area contributed by atoms with Gasteiger partial charge in [0.05, 0.1) is 0 Å². The van der Waals surface area contributed by atoms with Crippen LogP contribution in [-0.4, -0.2) is 23.5 Å². The molecule has 4 nitrogen and oxygen atoms in total. The van der Waals surface area contributed by atoms with Crippen LogP contribution in [0.3, 0.4) is 0 Å². The lowest BCUT2D eigenvalue weighted by Crippen LogP contribution is -2.39. The van der Waals surface area contributed by atoms with E-state index in [4.69, 9.17) is 0 Å². The maximum absolute atomic E-state index is 12.7. The zero-order chi connectivity index (χ0) is 17.5. The summed E-state index contributed by atoms with van der Waals surface area (Å²) in [4.78, 5) is 25.9. The fraction of sp³-hybridized carbons (Fsp3) is 0.263. The first kappa shape index (κ1) is 18.2. The number of carbonyl (C=O) groups is 2. The van der Waals surface area contributed by atoms with Crippen LogP contribution in [0.5, 0.6) is 0 Å². The Hall–Kier alpha value is -2.14. The molecule has 0 bridgehead atoms. The van der Waals surface area contributed by atoms with Gasteiger partial charge in [-0.3, -0.25) is 9.59 Å². The molecule has 1 atom stereocenters. The minimum absolute atomic E-state index is 0.272. The van der Waals surface area contributed by atoms with Crippen molar-refractivity contribution in [1.82, 2.24) is 0 Å². The van der Waals surface area contributed by atoms with Gasteiger partial charge in [-0.05, 0) is 49.6 Å². The van der Waals surface area contributed by atoms with Crippen LogP contribution in [0.1, 0.15) is 18.9 Å². The van der Waals surface area contributed by atoms with E-state index in [2.05, 4.69) is 15.9 Å². The van der Waals surface area contributed by atoms with Gasteiger partial charge < -0.3 is 10.0 Å². The topological polar surface area (TPSA) is 57.6 Å². The number of rotatable bonds is 7. The molecule has 0 spiro atoms. The highest BCUT2D eigenvalue weighted by Gasteiger charge is 2.30. The van der Waals surface area contributed by atoms with Crippen molar-refractivity contribution < 1.29 is 14.7 Å². The Morgan fingerprint density at radius 2 is 1.83 bits per heavy atom. The van der Waals surface area contributed by atoms with Crippen LogP contribution in [0, 0.1) is 5.92 Å². The van der Waals surface area contributed by atoms with E-state index in [1.807, 2.05) is 61.5 Å². The second kappa shape index (κ2) is 8.64. The van der Waals surface area contributed by atoms with Gasteiger partial charge in [0.2, 0.25) is 5.91 Å². The number of carbonyl (C=O) groups excluding carboxylic acids is 1. The smallest absolute Gasteiger partial charge is 0.316 e. The Labute approximate surface area is 150 Å². The molecular formula is C19H20BrNO3. The van der Waals surface area contributed by atoms with Crippen LogP contribution in [0.4, 0.5) is 5.69 Å². The van der Waals surface area contributed by atoms with Crippen LogP contribution < -0.4 is 4.90 Å². The summed E-state index contributed by atoms with van der Waals surface area (Å²) in [5.41, 5.74) is 1.73. The predicted molar refractivity (Wildman–Crippen MR) is 98.1 cm³/mol. The van der Waals surface area contributed by atoms with E-state index in [9.17, 15) is 14.7 Å². The van der Waals surface area contributed by atoms with Crippen molar-refractivity contribution >= 4 is 33.5 Å². The molecule has 2 rings (SSSR count). The van der Waals surface area contributed by atoms with Gasteiger partial charge in [-0.1, -0.05) is 46.3 Å². The zero-order valence-electron chi connectivity index (χ0n) is 13.5. The van der Waals surface area contributed by atoms with Crippen molar-refractivity contribution in [2.24, 2.45) is 5.92 Å². The fourth-order valence-electron chi connectivity index (χ4n) is 2.62. The molecule has 1 unspecified atom stereocenters.